The van der Waals surface area contributed by atoms with Crippen molar-refractivity contribution in [1.82, 2.24) is 15.2 Å². The Hall–Kier alpha value is -2.20. The molecule has 4 nitrogen and oxygen atoms in total. The van der Waals surface area contributed by atoms with E-state index in [4.69, 9.17) is 0 Å². The fraction of sp³-hybridized carbons (Fsp3) is 0.538. The predicted octanol–water partition coefficient (Wildman–Crippen LogP) is 4.70. The maximum Gasteiger partial charge on any atom is 0.226 e. The number of nitrogens with one attached hydrogen (secondary N) is 1. The zero-order valence-electron chi connectivity index (χ0n) is 18.3. The third-order valence-corrected chi connectivity index (χ3v) is 7.25. The summed E-state index contributed by atoms with van der Waals surface area (Å²) in [4.78, 5) is 19.8. The number of hydrogen-bond donors (Lipinski definition) is 1. The van der Waals surface area contributed by atoms with Gasteiger partial charge < -0.3 is 10.2 Å². The summed E-state index contributed by atoms with van der Waals surface area (Å²) >= 11 is 0. The minimum Gasteiger partial charge on any atom is -0.359 e. The highest BCUT2D eigenvalue weighted by atomic mass is 16.2. The van der Waals surface area contributed by atoms with Crippen molar-refractivity contribution in [2.24, 2.45) is 11.3 Å². The van der Waals surface area contributed by atoms with Gasteiger partial charge in [0, 0.05) is 26.0 Å². The van der Waals surface area contributed by atoms with Crippen molar-refractivity contribution in [1.29, 1.82) is 0 Å². The first-order chi connectivity index (χ1) is 14.7. The molecule has 2 heterocycles. The van der Waals surface area contributed by atoms with Crippen LogP contribution in [0.3, 0.4) is 0 Å². The SMILES string of the molecule is CNC(=O)C1(Cc2ccc(-c3cccnc3)cc2)CCN(CC2CCCCC2)CC1. The van der Waals surface area contributed by atoms with E-state index in [0.717, 1.165) is 43.8 Å². The maximum atomic E-state index is 12.9. The summed E-state index contributed by atoms with van der Waals surface area (Å²) in [5, 5.41) is 2.96. The van der Waals surface area contributed by atoms with Crippen molar-refractivity contribution in [3.8, 4) is 11.1 Å². The highest BCUT2D eigenvalue weighted by Crippen LogP contribution is 2.37. The van der Waals surface area contributed by atoms with Crippen LogP contribution in [0, 0.1) is 11.3 Å². The highest BCUT2D eigenvalue weighted by molar-refractivity contribution is 5.83. The first-order valence-corrected chi connectivity index (χ1v) is 11.6. The second-order valence-electron chi connectivity index (χ2n) is 9.28. The maximum absolute atomic E-state index is 12.9. The van der Waals surface area contributed by atoms with Crippen LogP contribution in [0.2, 0.25) is 0 Å². The van der Waals surface area contributed by atoms with Crippen molar-refractivity contribution in [3.63, 3.8) is 0 Å². The molecule has 1 aliphatic carbocycles. The molecule has 4 heteroatoms. The standard InChI is InChI=1S/C26H35N3O/c1-27-25(30)26(13-16-29(17-14-26)20-22-6-3-2-4-7-22)18-21-9-11-23(12-10-21)24-8-5-15-28-19-24/h5,8-12,15,19,22H,2-4,6-7,13-14,16-18,20H2,1H3,(H,27,30). The summed E-state index contributed by atoms with van der Waals surface area (Å²) in [7, 11) is 1.78. The van der Waals surface area contributed by atoms with E-state index in [-0.39, 0.29) is 11.3 Å². The number of aromatic nitrogens is 1. The molecule has 2 fully saturated rings. The molecule has 4 rings (SSSR count). The number of carbonyl (C=O) groups is 1. The molecule has 1 saturated carbocycles. The molecular weight excluding hydrogens is 370 g/mol. The summed E-state index contributed by atoms with van der Waals surface area (Å²) in [6.07, 6.45) is 13.4. The van der Waals surface area contributed by atoms with Crippen molar-refractivity contribution in [2.75, 3.05) is 26.7 Å². The van der Waals surface area contributed by atoms with Crippen LogP contribution in [0.5, 0.6) is 0 Å². The number of rotatable bonds is 6. The third kappa shape index (κ3) is 4.92. The first kappa shape index (κ1) is 21.0. The molecule has 1 aliphatic heterocycles. The molecule has 30 heavy (non-hydrogen) atoms. The lowest BCUT2D eigenvalue weighted by molar-refractivity contribution is -0.133. The molecule has 160 valence electrons. The Labute approximate surface area is 181 Å². The van der Waals surface area contributed by atoms with Gasteiger partial charge in [-0.15, -0.1) is 0 Å². The zero-order valence-corrected chi connectivity index (χ0v) is 18.3. The van der Waals surface area contributed by atoms with Crippen LogP contribution in [0.1, 0.15) is 50.5 Å². The van der Waals surface area contributed by atoms with E-state index < -0.39 is 0 Å². The Morgan fingerprint density at radius 3 is 2.43 bits per heavy atom. The Morgan fingerprint density at radius 1 is 1.07 bits per heavy atom. The van der Waals surface area contributed by atoms with Gasteiger partial charge in [-0.2, -0.15) is 0 Å². The molecular formula is C26H35N3O. The zero-order chi connectivity index (χ0) is 20.8. The summed E-state index contributed by atoms with van der Waals surface area (Å²) < 4.78 is 0. The van der Waals surface area contributed by atoms with Gasteiger partial charge in [0.15, 0.2) is 0 Å². The Bertz CT molecular complexity index is 804. The van der Waals surface area contributed by atoms with Gasteiger partial charge in [-0.25, -0.2) is 0 Å². The van der Waals surface area contributed by atoms with Crippen molar-refractivity contribution >= 4 is 5.91 Å². The number of amides is 1. The molecule has 1 amide bonds. The number of likely N-dealkylation sites (tertiary alicyclic amines) is 1. The third-order valence-electron chi connectivity index (χ3n) is 7.25. The minimum absolute atomic E-state index is 0.205. The molecule has 0 bridgehead atoms. The average Bonchev–Trinajstić information content (AvgIpc) is 2.81. The number of carbonyl (C=O) groups excluding carboxylic acids is 1. The van der Waals surface area contributed by atoms with Gasteiger partial charge >= 0.3 is 0 Å². The van der Waals surface area contributed by atoms with Gasteiger partial charge in [-0.1, -0.05) is 49.6 Å². The second-order valence-corrected chi connectivity index (χ2v) is 9.28. The van der Waals surface area contributed by atoms with Gasteiger partial charge in [0.05, 0.1) is 5.41 Å². The fourth-order valence-electron chi connectivity index (χ4n) is 5.39. The lowest BCUT2D eigenvalue weighted by Crippen LogP contribution is -2.50. The van der Waals surface area contributed by atoms with Crippen LogP contribution in [0.15, 0.2) is 48.8 Å². The summed E-state index contributed by atoms with van der Waals surface area (Å²) in [5.74, 6) is 1.07. The van der Waals surface area contributed by atoms with E-state index in [1.165, 1.54) is 49.8 Å². The van der Waals surface area contributed by atoms with Gasteiger partial charge in [0.25, 0.3) is 0 Å². The summed E-state index contributed by atoms with van der Waals surface area (Å²) in [5.41, 5.74) is 3.25. The quantitative estimate of drug-likeness (QED) is 0.758. The Balaban J connectivity index is 1.41. The lowest BCUT2D eigenvalue weighted by Gasteiger charge is -2.42. The van der Waals surface area contributed by atoms with Crippen LogP contribution >= 0.6 is 0 Å². The molecule has 0 atom stereocenters. The van der Waals surface area contributed by atoms with E-state index in [9.17, 15) is 4.79 Å². The van der Waals surface area contributed by atoms with E-state index >= 15 is 0 Å². The van der Waals surface area contributed by atoms with Gasteiger partial charge in [0.1, 0.15) is 0 Å². The minimum atomic E-state index is -0.284. The second kappa shape index (κ2) is 9.74. The smallest absolute Gasteiger partial charge is 0.226 e. The van der Waals surface area contributed by atoms with Crippen LogP contribution in [0.25, 0.3) is 11.1 Å². The number of piperidine rings is 1. The average molecular weight is 406 g/mol. The van der Waals surface area contributed by atoms with E-state index in [0.29, 0.717) is 0 Å². The monoisotopic (exact) mass is 405 g/mol. The number of hydrogen-bond acceptors (Lipinski definition) is 3. The van der Waals surface area contributed by atoms with Crippen LogP contribution < -0.4 is 5.32 Å². The van der Waals surface area contributed by atoms with Crippen molar-refractivity contribution < 1.29 is 4.79 Å². The largest absolute Gasteiger partial charge is 0.359 e. The number of nitrogens with zero attached hydrogens (tertiary/aromatic N) is 2. The van der Waals surface area contributed by atoms with Crippen LogP contribution in [0.4, 0.5) is 0 Å². The van der Waals surface area contributed by atoms with Gasteiger partial charge in [-0.3, -0.25) is 9.78 Å². The number of benzene rings is 1. The van der Waals surface area contributed by atoms with Crippen LogP contribution in [-0.4, -0.2) is 42.5 Å². The number of pyridine rings is 1. The summed E-state index contributed by atoms with van der Waals surface area (Å²) in [6.45, 7) is 3.30. The molecule has 0 radical (unpaired) electrons. The molecule has 0 spiro atoms. The molecule has 1 N–H and O–H groups in total. The predicted molar refractivity (Wildman–Crippen MR) is 122 cm³/mol. The topological polar surface area (TPSA) is 45.2 Å². The van der Waals surface area contributed by atoms with Gasteiger partial charge in [0.2, 0.25) is 5.91 Å². The summed E-state index contributed by atoms with van der Waals surface area (Å²) in [6, 6.07) is 12.7. The highest BCUT2D eigenvalue weighted by Gasteiger charge is 2.41. The van der Waals surface area contributed by atoms with E-state index in [2.05, 4.69) is 45.5 Å². The van der Waals surface area contributed by atoms with Crippen molar-refractivity contribution in [3.05, 3.63) is 54.4 Å². The fourth-order valence-corrected chi connectivity index (χ4v) is 5.39. The first-order valence-electron chi connectivity index (χ1n) is 11.6. The molecule has 1 aromatic heterocycles. The van der Waals surface area contributed by atoms with E-state index in [1.54, 1.807) is 13.2 Å². The molecule has 2 aromatic rings. The van der Waals surface area contributed by atoms with Crippen LogP contribution in [-0.2, 0) is 11.2 Å². The van der Waals surface area contributed by atoms with E-state index in [1.807, 2.05) is 12.3 Å². The molecule has 2 aliphatic rings. The Morgan fingerprint density at radius 2 is 1.80 bits per heavy atom. The lowest BCUT2D eigenvalue weighted by atomic mass is 9.72. The molecule has 1 saturated heterocycles. The molecule has 0 unspecified atom stereocenters. The molecule has 1 aromatic carbocycles. The van der Waals surface area contributed by atoms with Crippen molar-refractivity contribution in [2.45, 2.75) is 51.4 Å². The van der Waals surface area contributed by atoms with Gasteiger partial charge in [-0.05, 0) is 73.9 Å². The Kier molecular flexibility index (Phi) is 6.83. The normalized spacial score (nSPS) is 20.0.